The van der Waals surface area contributed by atoms with E-state index in [0.717, 1.165) is 16.9 Å². The molecule has 0 aliphatic rings. The second kappa shape index (κ2) is 5.15. The largest absolute Gasteiger partial charge is 0.496 e. The van der Waals surface area contributed by atoms with Gasteiger partial charge in [0.1, 0.15) is 11.5 Å². The molecule has 0 aromatic heterocycles. The Labute approximate surface area is 97.6 Å². The fourth-order valence-electron chi connectivity index (χ4n) is 2.01. The average molecular weight is 220 g/mol. The maximum Gasteiger partial charge on any atom is 0.130 e. The fraction of sp³-hybridized carbons (Fsp3) is 0.500. The van der Waals surface area contributed by atoms with E-state index in [-0.39, 0.29) is 11.7 Å². The van der Waals surface area contributed by atoms with Gasteiger partial charge in [0.2, 0.25) is 0 Å². The first-order valence-corrected chi connectivity index (χ1v) is 5.61. The van der Waals surface area contributed by atoms with Crippen LogP contribution in [0.25, 0.3) is 0 Å². The zero-order valence-electron chi connectivity index (χ0n) is 10.8. The molecular weight excluding hydrogens is 200 g/mol. The maximum atomic E-state index is 11.1. The van der Waals surface area contributed by atoms with Gasteiger partial charge in [0, 0.05) is 6.42 Å². The minimum atomic E-state index is 0.215. The number of rotatable bonds is 4. The van der Waals surface area contributed by atoms with Crippen LogP contribution in [-0.2, 0) is 4.79 Å². The number of ketones is 1. The van der Waals surface area contributed by atoms with Gasteiger partial charge >= 0.3 is 0 Å². The molecule has 0 aliphatic heterocycles. The van der Waals surface area contributed by atoms with E-state index >= 15 is 0 Å². The van der Waals surface area contributed by atoms with Crippen LogP contribution in [0.1, 0.15) is 42.9 Å². The summed E-state index contributed by atoms with van der Waals surface area (Å²) in [6.07, 6.45) is 0.568. The lowest BCUT2D eigenvalue weighted by atomic mass is 9.92. The van der Waals surface area contributed by atoms with E-state index in [4.69, 9.17) is 4.74 Å². The fourth-order valence-corrected chi connectivity index (χ4v) is 2.01. The van der Waals surface area contributed by atoms with Crippen LogP contribution < -0.4 is 4.74 Å². The van der Waals surface area contributed by atoms with Gasteiger partial charge in [-0.25, -0.2) is 0 Å². The van der Waals surface area contributed by atoms with Crippen molar-refractivity contribution in [2.75, 3.05) is 7.11 Å². The zero-order chi connectivity index (χ0) is 12.3. The molecule has 16 heavy (non-hydrogen) atoms. The first-order chi connectivity index (χ1) is 7.47. The number of aryl methyl sites for hydroxylation is 1. The summed E-state index contributed by atoms with van der Waals surface area (Å²) in [7, 11) is 1.69. The summed E-state index contributed by atoms with van der Waals surface area (Å²) in [6, 6.07) is 4.15. The molecule has 0 bridgehead atoms. The quantitative estimate of drug-likeness (QED) is 0.777. The van der Waals surface area contributed by atoms with Gasteiger partial charge in [0.15, 0.2) is 0 Å². The van der Waals surface area contributed by atoms with Gasteiger partial charge in [-0.15, -0.1) is 0 Å². The van der Waals surface area contributed by atoms with Crippen molar-refractivity contribution in [1.29, 1.82) is 0 Å². The Bertz CT molecular complexity index is 394. The van der Waals surface area contributed by atoms with E-state index in [0.29, 0.717) is 6.42 Å². The van der Waals surface area contributed by atoms with Crippen molar-refractivity contribution in [2.45, 2.75) is 40.0 Å². The number of methoxy groups -OCH3 is 1. The Kier molecular flexibility index (Phi) is 4.11. The lowest BCUT2D eigenvalue weighted by Gasteiger charge is -2.17. The highest BCUT2D eigenvalue weighted by Crippen LogP contribution is 2.33. The standard InChI is InChI=1S/C14H20O2/c1-9-6-7-13(10(2)8-11(3)15)14(16-5)12(9)4/h6-7,10H,8H2,1-5H3. The van der Waals surface area contributed by atoms with Crippen LogP contribution in [0.2, 0.25) is 0 Å². The van der Waals surface area contributed by atoms with Crippen molar-refractivity contribution in [2.24, 2.45) is 0 Å². The van der Waals surface area contributed by atoms with E-state index in [1.807, 2.05) is 0 Å². The molecule has 0 saturated carbocycles. The lowest BCUT2D eigenvalue weighted by molar-refractivity contribution is -0.117. The molecule has 88 valence electrons. The van der Waals surface area contributed by atoms with Crippen molar-refractivity contribution in [1.82, 2.24) is 0 Å². The first kappa shape index (κ1) is 12.8. The van der Waals surface area contributed by atoms with Crippen molar-refractivity contribution in [3.63, 3.8) is 0 Å². The Morgan fingerprint density at radius 2 is 2.00 bits per heavy atom. The van der Waals surface area contributed by atoms with Gasteiger partial charge in [-0.3, -0.25) is 0 Å². The van der Waals surface area contributed by atoms with Crippen LogP contribution in [0, 0.1) is 13.8 Å². The molecule has 0 saturated heterocycles. The number of ether oxygens (including phenoxy) is 1. The van der Waals surface area contributed by atoms with Gasteiger partial charge < -0.3 is 9.53 Å². The van der Waals surface area contributed by atoms with Gasteiger partial charge in [0.05, 0.1) is 7.11 Å². The number of carbonyl (C=O) groups excluding carboxylic acids is 1. The third-order valence-corrected chi connectivity index (χ3v) is 3.04. The molecule has 0 amide bonds. The molecular formula is C14H20O2. The molecule has 2 nitrogen and oxygen atoms in total. The molecule has 1 aromatic rings. The molecule has 1 atom stereocenters. The maximum absolute atomic E-state index is 11.1. The molecule has 0 N–H and O–H groups in total. The second-order valence-corrected chi connectivity index (χ2v) is 4.44. The number of hydrogen-bond donors (Lipinski definition) is 0. The van der Waals surface area contributed by atoms with Crippen LogP contribution in [0.15, 0.2) is 12.1 Å². The van der Waals surface area contributed by atoms with Crippen LogP contribution in [0.3, 0.4) is 0 Å². The molecule has 1 rings (SSSR count). The molecule has 0 heterocycles. The van der Waals surface area contributed by atoms with Crippen LogP contribution in [-0.4, -0.2) is 12.9 Å². The monoisotopic (exact) mass is 220 g/mol. The predicted octanol–water partition coefficient (Wildman–Crippen LogP) is 3.39. The molecule has 0 spiro atoms. The highest BCUT2D eigenvalue weighted by Gasteiger charge is 2.15. The average Bonchev–Trinajstić information content (AvgIpc) is 2.20. The van der Waals surface area contributed by atoms with E-state index in [9.17, 15) is 4.79 Å². The number of Topliss-reactive ketones (excluding diaryl/α,β-unsaturated/α-hetero) is 1. The summed E-state index contributed by atoms with van der Waals surface area (Å²) in [5.74, 6) is 1.35. The predicted molar refractivity (Wildman–Crippen MR) is 66.2 cm³/mol. The van der Waals surface area contributed by atoms with Gasteiger partial charge in [0.25, 0.3) is 0 Å². The third kappa shape index (κ3) is 2.63. The van der Waals surface area contributed by atoms with E-state index in [1.54, 1.807) is 14.0 Å². The van der Waals surface area contributed by atoms with Crippen molar-refractivity contribution in [3.05, 3.63) is 28.8 Å². The Morgan fingerprint density at radius 3 is 2.50 bits per heavy atom. The minimum absolute atomic E-state index is 0.215. The zero-order valence-corrected chi connectivity index (χ0v) is 10.8. The lowest BCUT2D eigenvalue weighted by Crippen LogP contribution is -2.04. The Morgan fingerprint density at radius 1 is 1.38 bits per heavy atom. The topological polar surface area (TPSA) is 26.3 Å². The van der Waals surface area contributed by atoms with Gasteiger partial charge in [-0.1, -0.05) is 19.1 Å². The van der Waals surface area contributed by atoms with Crippen molar-refractivity contribution in [3.8, 4) is 5.75 Å². The van der Waals surface area contributed by atoms with Crippen LogP contribution >= 0.6 is 0 Å². The molecule has 0 radical (unpaired) electrons. The highest BCUT2D eigenvalue weighted by atomic mass is 16.5. The van der Waals surface area contributed by atoms with Crippen LogP contribution in [0.5, 0.6) is 5.75 Å². The van der Waals surface area contributed by atoms with Crippen molar-refractivity contribution >= 4 is 5.78 Å². The molecule has 2 heteroatoms. The van der Waals surface area contributed by atoms with E-state index in [1.165, 1.54) is 5.56 Å². The number of hydrogen-bond acceptors (Lipinski definition) is 2. The normalized spacial score (nSPS) is 12.3. The minimum Gasteiger partial charge on any atom is -0.496 e. The molecule has 1 unspecified atom stereocenters. The summed E-state index contributed by atoms with van der Waals surface area (Å²) in [5, 5.41) is 0. The number of benzene rings is 1. The van der Waals surface area contributed by atoms with Gasteiger partial charge in [-0.2, -0.15) is 0 Å². The third-order valence-electron chi connectivity index (χ3n) is 3.04. The van der Waals surface area contributed by atoms with Gasteiger partial charge in [-0.05, 0) is 43.4 Å². The molecule has 0 aliphatic carbocycles. The molecule has 1 aromatic carbocycles. The number of carbonyl (C=O) groups is 1. The summed E-state index contributed by atoms with van der Waals surface area (Å²) in [6.45, 7) is 7.81. The first-order valence-electron chi connectivity index (χ1n) is 5.61. The summed E-state index contributed by atoms with van der Waals surface area (Å²) in [5.41, 5.74) is 3.51. The summed E-state index contributed by atoms with van der Waals surface area (Å²) in [4.78, 5) is 11.1. The summed E-state index contributed by atoms with van der Waals surface area (Å²) < 4.78 is 5.45. The van der Waals surface area contributed by atoms with Crippen molar-refractivity contribution < 1.29 is 9.53 Å². The second-order valence-electron chi connectivity index (χ2n) is 4.44. The van der Waals surface area contributed by atoms with Crippen LogP contribution in [0.4, 0.5) is 0 Å². The molecule has 0 fully saturated rings. The Balaban J connectivity index is 3.13. The van der Waals surface area contributed by atoms with E-state index in [2.05, 4.69) is 32.9 Å². The Hall–Kier alpha value is -1.31. The highest BCUT2D eigenvalue weighted by molar-refractivity contribution is 5.76. The smallest absolute Gasteiger partial charge is 0.130 e. The SMILES string of the molecule is COc1c(C(C)CC(C)=O)ccc(C)c1C. The summed E-state index contributed by atoms with van der Waals surface area (Å²) >= 11 is 0. The van der Waals surface area contributed by atoms with E-state index < -0.39 is 0 Å².